The van der Waals surface area contributed by atoms with Gasteiger partial charge in [-0.05, 0) is 105 Å². The van der Waals surface area contributed by atoms with E-state index in [1.807, 2.05) is 10.8 Å². The van der Waals surface area contributed by atoms with Crippen LogP contribution >= 0.6 is 0 Å². The molecule has 31 heavy (non-hydrogen) atoms. The minimum Gasteiger partial charge on any atom is -0.390 e. The highest BCUT2D eigenvalue weighted by atomic mass is 16.3. The van der Waals surface area contributed by atoms with Crippen molar-refractivity contribution in [2.45, 2.75) is 90.7 Å². The Bertz CT molecular complexity index is 910. The Morgan fingerprint density at radius 3 is 2.65 bits per heavy atom. The van der Waals surface area contributed by atoms with Crippen molar-refractivity contribution in [2.24, 2.45) is 40.4 Å². The van der Waals surface area contributed by atoms with Crippen LogP contribution in [0, 0.1) is 51.8 Å². The normalized spacial score (nSPS) is 46.5. The molecule has 1 heterocycles. The van der Waals surface area contributed by atoms with Gasteiger partial charge in [-0.25, -0.2) is 4.98 Å². The molecule has 8 atom stereocenters. The molecule has 0 unspecified atom stereocenters. The van der Waals surface area contributed by atoms with Gasteiger partial charge in [0.05, 0.1) is 11.9 Å². The first-order valence-corrected chi connectivity index (χ1v) is 12.5. The topological polar surface area (TPSA) is 61.8 Å². The summed E-state index contributed by atoms with van der Waals surface area (Å²) < 4.78 is 2.03. The van der Waals surface area contributed by atoms with Crippen LogP contribution < -0.4 is 0 Å². The molecule has 0 saturated heterocycles. The maximum Gasteiger partial charge on any atom is 0.158 e. The van der Waals surface area contributed by atoms with Crippen LogP contribution in [0.4, 0.5) is 0 Å². The third-order valence-electron chi connectivity index (χ3n) is 10.6. The zero-order valence-electron chi connectivity index (χ0n) is 19.6. The summed E-state index contributed by atoms with van der Waals surface area (Å²) in [4.78, 5) is 4.17. The SMILES string of the molecule is C=C(Cn1cnc(C#N)c1)[C@H]1CC[C@H]2[C@@H]3CC[C@@H]4C[C@](C)(O)CC[C@]4(C)[C@H]3CC[C@]12C. The molecule has 4 aliphatic rings. The summed E-state index contributed by atoms with van der Waals surface area (Å²) in [5.74, 6) is 3.76. The van der Waals surface area contributed by atoms with E-state index in [4.69, 9.17) is 5.26 Å². The zero-order valence-corrected chi connectivity index (χ0v) is 19.6. The molecule has 4 heteroatoms. The molecule has 5 rings (SSSR count). The summed E-state index contributed by atoms with van der Waals surface area (Å²) in [5, 5.41) is 19.8. The molecule has 0 radical (unpaired) electrons. The molecule has 0 spiro atoms. The largest absolute Gasteiger partial charge is 0.390 e. The van der Waals surface area contributed by atoms with Crippen LogP contribution in [-0.4, -0.2) is 20.3 Å². The molecule has 1 aromatic heterocycles. The molecule has 0 bridgehead atoms. The Labute approximate surface area is 187 Å². The van der Waals surface area contributed by atoms with Crippen molar-refractivity contribution in [1.82, 2.24) is 9.55 Å². The minimum absolute atomic E-state index is 0.361. The van der Waals surface area contributed by atoms with E-state index in [2.05, 4.69) is 38.4 Å². The molecule has 1 N–H and O–H groups in total. The Morgan fingerprint density at radius 2 is 1.90 bits per heavy atom. The summed E-state index contributed by atoms with van der Waals surface area (Å²) in [5.41, 5.74) is 2.14. The van der Waals surface area contributed by atoms with Gasteiger partial charge in [-0.1, -0.05) is 26.0 Å². The number of aromatic nitrogens is 2. The molecule has 1 aromatic rings. The predicted octanol–water partition coefficient (Wildman–Crippen LogP) is 5.72. The number of fused-ring (bicyclic) bond motifs is 5. The lowest BCUT2D eigenvalue weighted by molar-refractivity contribution is -0.145. The summed E-state index contributed by atoms with van der Waals surface area (Å²) >= 11 is 0. The van der Waals surface area contributed by atoms with Crippen molar-refractivity contribution in [2.75, 3.05) is 0 Å². The fourth-order valence-corrected chi connectivity index (χ4v) is 8.95. The van der Waals surface area contributed by atoms with Crippen LogP contribution in [-0.2, 0) is 6.54 Å². The van der Waals surface area contributed by atoms with Crippen molar-refractivity contribution in [3.05, 3.63) is 30.4 Å². The molecule has 0 amide bonds. The van der Waals surface area contributed by atoms with E-state index < -0.39 is 5.60 Å². The number of hydrogen-bond donors (Lipinski definition) is 1. The van der Waals surface area contributed by atoms with Gasteiger partial charge in [0.2, 0.25) is 0 Å². The number of aliphatic hydroxyl groups is 1. The average Bonchev–Trinajstić information content (AvgIpc) is 3.31. The van der Waals surface area contributed by atoms with E-state index in [-0.39, 0.29) is 0 Å². The number of allylic oxidation sites excluding steroid dienone is 1. The van der Waals surface area contributed by atoms with Gasteiger partial charge in [-0.2, -0.15) is 5.26 Å². The fraction of sp³-hybridized carbons (Fsp3) is 0.778. The van der Waals surface area contributed by atoms with Gasteiger partial charge < -0.3 is 9.67 Å². The first-order chi connectivity index (χ1) is 14.7. The highest BCUT2D eigenvalue weighted by Crippen LogP contribution is 2.68. The second-order valence-corrected chi connectivity index (χ2v) is 12.2. The lowest BCUT2D eigenvalue weighted by atomic mass is 9.44. The van der Waals surface area contributed by atoms with E-state index in [1.165, 1.54) is 50.5 Å². The minimum atomic E-state index is -0.449. The molecular formula is C27H39N3O. The van der Waals surface area contributed by atoms with Crippen LogP contribution in [0.2, 0.25) is 0 Å². The first-order valence-electron chi connectivity index (χ1n) is 12.5. The van der Waals surface area contributed by atoms with Crippen LogP contribution in [0.15, 0.2) is 24.7 Å². The van der Waals surface area contributed by atoms with Gasteiger partial charge in [0, 0.05) is 12.7 Å². The molecule has 4 aliphatic carbocycles. The number of nitrogens with zero attached hydrogens (tertiary/aromatic N) is 3. The number of hydrogen-bond acceptors (Lipinski definition) is 3. The highest BCUT2D eigenvalue weighted by molar-refractivity contribution is 5.19. The van der Waals surface area contributed by atoms with E-state index in [1.54, 1.807) is 6.33 Å². The van der Waals surface area contributed by atoms with E-state index in [0.29, 0.717) is 28.4 Å². The maximum absolute atomic E-state index is 10.7. The summed E-state index contributed by atoms with van der Waals surface area (Å²) in [6.45, 7) is 12.5. The van der Waals surface area contributed by atoms with Crippen molar-refractivity contribution in [3.63, 3.8) is 0 Å². The van der Waals surface area contributed by atoms with Crippen molar-refractivity contribution >= 4 is 0 Å². The average molecular weight is 422 g/mol. The van der Waals surface area contributed by atoms with Gasteiger partial charge in [0.25, 0.3) is 0 Å². The fourth-order valence-electron chi connectivity index (χ4n) is 8.95. The lowest BCUT2D eigenvalue weighted by Gasteiger charge is -2.62. The lowest BCUT2D eigenvalue weighted by Crippen LogP contribution is -2.55. The molecule has 4 fully saturated rings. The molecule has 168 valence electrons. The summed E-state index contributed by atoms with van der Waals surface area (Å²) in [6, 6.07) is 2.13. The Balaban J connectivity index is 1.34. The monoisotopic (exact) mass is 421 g/mol. The molecular weight excluding hydrogens is 382 g/mol. The van der Waals surface area contributed by atoms with Crippen LogP contribution in [0.1, 0.15) is 84.3 Å². The standard InChI is InChI=1S/C27H39N3O/c1-18(15-30-16-20(14-28)29-17-30)22-7-8-23-21-6-5-19-13-25(2,31)11-12-26(19,3)24(21)9-10-27(22,23)4/h16-17,19,21-24,31H,1,5-13,15H2,2-4H3/t19-,21+,22-,23+,24+,25-,26+,27-/m1/s1. The summed E-state index contributed by atoms with van der Waals surface area (Å²) in [7, 11) is 0. The van der Waals surface area contributed by atoms with Crippen LogP contribution in [0.3, 0.4) is 0 Å². The molecule has 4 saturated carbocycles. The number of nitriles is 1. The van der Waals surface area contributed by atoms with Crippen LogP contribution in [0.5, 0.6) is 0 Å². The van der Waals surface area contributed by atoms with Crippen molar-refractivity contribution < 1.29 is 5.11 Å². The zero-order chi connectivity index (χ0) is 22.0. The first kappa shape index (κ1) is 21.3. The van der Waals surface area contributed by atoms with Crippen molar-refractivity contribution in [1.29, 1.82) is 5.26 Å². The van der Waals surface area contributed by atoms with Crippen molar-refractivity contribution in [3.8, 4) is 6.07 Å². The second-order valence-electron chi connectivity index (χ2n) is 12.2. The Morgan fingerprint density at radius 1 is 1.13 bits per heavy atom. The number of rotatable bonds is 3. The highest BCUT2D eigenvalue weighted by Gasteiger charge is 2.61. The quantitative estimate of drug-likeness (QED) is 0.635. The Kier molecular flexibility index (Phi) is 4.94. The second kappa shape index (κ2) is 7.20. The van der Waals surface area contributed by atoms with Gasteiger partial charge >= 0.3 is 0 Å². The van der Waals surface area contributed by atoms with Gasteiger partial charge in [0.15, 0.2) is 5.69 Å². The maximum atomic E-state index is 10.7. The molecule has 0 aromatic carbocycles. The van der Waals surface area contributed by atoms with Gasteiger partial charge in [-0.15, -0.1) is 0 Å². The molecule has 4 nitrogen and oxygen atoms in total. The summed E-state index contributed by atoms with van der Waals surface area (Å²) in [6.07, 6.45) is 14.7. The van der Waals surface area contributed by atoms with Gasteiger partial charge in [-0.3, -0.25) is 0 Å². The van der Waals surface area contributed by atoms with E-state index in [9.17, 15) is 5.11 Å². The molecule has 0 aliphatic heterocycles. The number of imidazole rings is 1. The van der Waals surface area contributed by atoms with E-state index >= 15 is 0 Å². The predicted molar refractivity (Wildman–Crippen MR) is 122 cm³/mol. The smallest absolute Gasteiger partial charge is 0.158 e. The Hall–Kier alpha value is -1.60. The van der Waals surface area contributed by atoms with Gasteiger partial charge in [0.1, 0.15) is 6.07 Å². The van der Waals surface area contributed by atoms with E-state index in [0.717, 1.165) is 37.1 Å². The third kappa shape index (κ3) is 3.30. The van der Waals surface area contributed by atoms with Crippen LogP contribution in [0.25, 0.3) is 0 Å². The third-order valence-corrected chi connectivity index (χ3v) is 10.6.